The number of nitrogens with one attached hydrogen (secondary N) is 1. The molecule has 128 valence electrons. The molecule has 1 saturated heterocycles. The number of rotatable bonds is 3. The van der Waals surface area contributed by atoms with Crippen LogP contribution in [0.4, 0.5) is 16.2 Å². The fourth-order valence-corrected chi connectivity index (χ4v) is 2.48. The minimum absolute atomic E-state index is 0.242. The third-order valence-electron chi connectivity index (χ3n) is 3.54. The number of aliphatic hydroxyl groups excluding tert-OH is 1. The van der Waals surface area contributed by atoms with Gasteiger partial charge in [0.05, 0.1) is 0 Å². The Labute approximate surface area is 138 Å². The zero-order valence-electron chi connectivity index (χ0n) is 14.4. The molecule has 23 heavy (non-hydrogen) atoms. The number of hydrogen-bond acceptors (Lipinski definition) is 5. The van der Waals surface area contributed by atoms with Gasteiger partial charge in [0.1, 0.15) is 11.8 Å². The average Bonchev–Trinajstić information content (AvgIpc) is 2.46. The Bertz CT molecular complexity index is 515. The first-order valence-corrected chi connectivity index (χ1v) is 8.02. The average molecular weight is 321 g/mol. The van der Waals surface area contributed by atoms with Crippen LogP contribution in [0.5, 0.6) is 0 Å². The van der Waals surface area contributed by atoms with E-state index in [0.717, 1.165) is 24.5 Å². The molecule has 1 atom stereocenters. The number of anilines is 2. The van der Waals surface area contributed by atoms with Crippen LogP contribution in [0, 0.1) is 0 Å². The summed E-state index contributed by atoms with van der Waals surface area (Å²) in [6.07, 6.45) is -0.813. The standard InChI is InChI=1S/C17H27N3O3/c1-13(21)18-14-5-7-15(8-6-14)19-9-11-20(12-10-19)16(22)23-17(2,3)4/h5-8,13,18,21H,9-12H2,1-4H3. The van der Waals surface area contributed by atoms with E-state index in [4.69, 9.17) is 4.74 Å². The van der Waals surface area contributed by atoms with Crippen molar-refractivity contribution in [2.75, 3.05) is 36.4 Å². The van der Waals surface area contributed by atoms with Crippen LogP contribution in [0.1, 0.15) is 27.7 Å². The Morgan fingerprint density at radius 1 is 1.17 bits per heavy atom. The number of carbonyl (C=O) groups is 1. The van der Waals surface area contributed by atoms with Gasteiger partial charge in [-0.3, -0.25) is 0 Å². The molecule has 6 nitrogen and oxygen atoms in total. The number of nitrogens with zero attached hydrogens (tertiary/aromatic N) is 2. The van der Waals surface area contributed by atoms with E-state index in [0.29, 0.717) is 13.1 Å². The monoisotopic (exact) mass is 321 g/mol. The van der Waals surface area contributed by atoms with E-state index in [1.54, 1.807) is 11.8 Å². The predicted octanol–water partition coefficient (Wildman–Crippen LogP) is 2.49. The zero-order chi connectivity index (χ0) is 17.0. The largest absolute Gasteiger partial charge is 0.444 e. The molecule has 1 aliphatic rings. The Balaban J connectivity index is 1.88. The number of piperazine rings is 1. The second-order valence-corrected chi connectivity index (χ2v) is 6.82. The van der Waals surface area contributed by atoms with Gasteiger partial charge in [0.15, 0.2) is 0 Å². The lowest BCUT2D eigenvalue weighted by molar-refractivity contribution is 0.0240. The van der Waals surface area contributed by atoms with E-state index in [1.807, 2.05) is 45.0 Å². The topological polar surface area (TPSA) is 65.0 Å². The van der Waals surface area contributed by atoms with Crippen molar-refractivity contribution in [1.29, 1.82) is 0 Å². The number of hydrogen-bond donors (Lipinski definition) is 2. The van der Waals surface area contributed by atoms with Crippen LogP contribution in [-0.4, -0.2) is 54.1 Å². The maximum absolute atomic E-state index is 12.1. The Hall–Kier alpha value is -1.95. The molecule has 2 N–H and O–H groups in total. The van der Waals surface area contributed by atoms with Crippen molar-refractivity contribution in [3.05, 3.63) is 24.3 Å². The lowest BCUT2D eigenvalue weighted by Gasteiger charge is -2.36. The second-order valence-electron chi connectivity index (χ2n) is 6.82. The van der Waals surface area contributed by atoms with Gasteiger partial charge in [-0.1, -0.05) is 0 Å². The van der Waals surface area contributed by atoms with Gasteiger partial charge in [0, 0.05) is 37.6 Å². The smallest absolute Gasteiger partial charge is 0.410 e. The van der Waals surface area contributed by atoms with Crippen molar-refractivity contribution in [3.63, 3.8) is 0 Å². The summed E-state index contributed by atoms with van der Waals surface area (Å²) in [7, 11) is 0. The maximum atomic E-state index is 12.1. The van der Waals surface area contributed by atoms with Gasteiger partial charge in [-0.2, -0.15) is 0 Å². The molecule has 0 bridgehead atoms. The Morgan fingerprint density at radius 3 is 2.22 bits per heavy atom. The lowest BCUT2D eigenvalue weighted by atomic mass is 10.2. The SMILES string of the molecule is CC(O)Nc1ccc(N2CCN(C(=O)OC(C)(C)C)CC2)cc1. The van der Waals surface area contributed by atoms with E-state index >= 15 is 0 Å². The fourth-order valence-electron chi connectivity index (χ4n) is 2.48. The van der Waals surface area contributed by atoms with Gasteiger partial charge < -0.3 is 25.0 Å². The minimum Gasteiger partial charge on any atom is -0.444 e. The fraction of sp³-hybridized carbons (Fsp3) is 0.588. The molecule has 6 heteroatoms. The predicted molar refractivity (Wildman–Crippen MR) is 91.8 cm³/mol. The molecule has 0 spiro atoms. The summed E-state index contributed by atoms with van der Waals surface area (Å²) in [6.45, 7) is 10.2. The molecule has 1 fully saturated rings. The number of amides is 1. The van der Waals surface area contributed by atoms with Crippen molar-refractivity contribution < 1.29 is 14.6 Å². The molecular formula is C17H27N3O3. The van der Waals surface area contributed by atoms with E-state index in [-0.39, 0.29) is 6.09 Å². The molecule has 1 aromatic rings. The minimum atomic E-state index is -0.571. The first-order valence-electron chi connectivity index (χ1n) is 8.02. The van der Waals surface area contributed by atoms with Crippen LogP contribution in [0.25, 0.3) is 0 Å². The van der Waals surface area contributed by atoms with Crippen molar-refractivity contribution in [2.24, 2.45) is 0 Å². The zero-order valence-corrected chi connectivity index (χ0v) is 14.4. The number of benzene rings is 1. The Kier molecular flexibility index (Phi) is 5.36. The van der Waals surface area contributed by atoms with Gasteiger partial charge in [-0.05, 0) is 52.0 Å². The molecular weight excluding hydrogens is 294 g/mol. The van der Waals surface area contributed by atoms with Crippen molar-refractivity contribution in [1.82, 2.24) is 4.90 Å². The first kappa shape index (κ1) is 17.4. The summed E-state index contributed by atoms with van der Waals surface area (Å²) >= 11 is 0. The summed E-state index contributed by atoms with van der Waals surface area (Å²) in [6, 6.07) is 7.94. The van der Waals surface area contributed by atoms with Crippen LogP contribution in [0.3, 0.4) is 0 Å². The summed E-state index contributed by atoms with van der Waals surface area (Å²) in [5.41, 5.74) is 1.54. The number of carbonyl (C=O) groups excluding carboxylic acids is 1. The molecule has 0 radical (unpaired) electrons. The summed E-state index contributed by atoms with van der Waals surface area (Å²) in [5.74, 6) is 0. The lowest BCUT2D eigenvalue weighted by Crippen LogP contribution is -2.50. The maximum Gasteiger partial charge on any atom is 0.410 e. The van der Waals surface area contributed by atoms with Crippen LogP contribution in [0.15, 0.2) is 24.3 Å². The third-order valence-corrected chi connectivity index (χ3v) is 3.54. The van der Waals surface area contributed by atoms with Crippen LogP contribution in [0.2, 0.25) is 0 Å². The molecule has 1 amide bonds. The highest BCUT2D eigenvalue weighted by atomic mass is 16.6. The van der Waals surface area contributed by atoms with Crippen molar-refractivity contribution in [2.45, 2.75) is 39.5 Å². The molecule has 1 heterocycles. The third kappa shape index (κ3) is 5.32. The summed E-state index contributed by atoms with van der Waals surface area (Å²) < 4.78 is 5.41. The van der Waals surface area contributed by atoms with Gasteiger partial charge >= 0.3 is 6.09 Å². The number of aliphatic hydroxyl groups is 1. The van der Waals surface area contributed by atoms with Gasteiger partial charge in [-0.25, -0.2) is 4.79 Å². The molecule has 0 aliphatic carbocycles. The van der Waals surface area contributed by atoms with Crippen LogP contribution in [-0.2, 0) is 4.74 Å². The second kappa shape index (κ2) is 7.08. The van der Waals surface area contributed by atoms with E-state index < -0.39 is 11.8 Å². The van der Waals surface area contributed by atoms with Gasteiger partial charge in [0.25, 0.3) is 0 Å². The molecule has 1 aromatic carbocycles. The Morgan fingerprint density at radius 2 is 1.74 bits per heavy atom. The van der Waals surface area contributed by atoms with Crippen LogP contribution >= 0.6 is 0 Å². The van der Waals surface area contributed by atoms with Crippen molar-refractivity contribution in [3.8, 4) is 0 Å². The molecule has 1 aliphatic heterocycles. The normalized spacial score (nSPS) is 16.9. The highest BCUT2D eigenvalue weighted by Crippen LogP contribution is 2.20. The van der Waals surface area contributed by atoms with Gasteiger partial charge in [0.2, 0.25) is 0 Å². The van der Waals surface area contributed by atoms with E-state index in [1.165, 1.54) is 0 Å². The summed E-state index contributed by atoms with van der Waals surface area (Å²) in [4.78, 5) is 16.1. The molecule has 0 saturated carbocycles. The number of ether oxygens (including phenoxy) is 1. The summed E-state index contributed by atoms with van der Waals surface area (Å²) in [5, 5.41) is 12.3. The highest BCUT2D eigenvalue weighted by molar-refractivity contribution is 5.68. The molecule has 2 rings (SSSR count). The van der Waals surface area contributed by atoms with E-state index in [2.05, 4.69) is 10.2 Å². The highest BCUT2D eigenvalue weighted by Gasteiger charge is 2.25. The first-order chi connectivity index (χ1) is 10.7. The van der Waals surface area contributed by atoms with Gasteiger partial charge in [-0.15, -0.1) is 0 Å². The van der Waals surface area contributed by atoms with Crippen molar-refractivity contribution >= 4 is 17.5 Å². The quantitative estimate of drug-likeness (QED) is 0.838. The molecule has 0 aromatic heterocycles. The molecule has 1 unspecified atom stereocenters. The van der Waals surface area contributed by atoms with E-state index in [9.17, 15) is 9.90 Å². The van der Waals surface area contributed by atoms with Crippen LogP contribution < -0.4 is 10.2 Å².